The molecule has 0 saturated heterocycles. The van der Waals surface area contributed by atoms with Crippen LogP contribution < -0.4 is 0 Å². The minimum Gasteiger partial charge on any atom is -0.457 e. The molecule has 3 aromatic rings. The Morgan fingerprint density at radius 1 is 1.15 bits per heavy atom. The standard InChI is InChI=1S/C22H24N2O2/c1-16-21(22(25)26-15-18-8-5-4-6-9-18)19-14-17(10-7-13-24(2)3)11-12-20(19)23-16/h4-12,14,23H,13,15H2,1-3H3/b10-7-. The highest BCUT2D eigenvalue weighted by Crippen LogP contribution is 2.25. The molecule has 0 aliphatic carbocycles. The number of likely N-dealkylation sites (N-methyl/N-ethyl adjacent to an activating group) is 1. The second kappa shape index (κ2) is 8.02. The highest BCUT2D eigenvalue weighted by atomic mass is 16.5. The van der Waals surface area contributed by atoms with E-state index in [-0.39, 0.29) is 12.6 Å². The van der Waals surface area contributed by atoms with E-state index < -0.39 is 0 Å². The largest absolute Gasteiger partial charge is 0.457 e. The maximum atomic E-state index is 12.7. The number of aryl methyl sites for hydroxylation is 1. The first-order valence-corrected chi connectivity index (χ1v) is 8.69. The lowest BCUT2D eigenvalue weighted by atomic mass is 10.1. The van der Waals surface area contributed by atoms with Crippen LogP contribution in [-0.4, -0.2) is 36.5 Å². The molecule has 1 heterocycles. The third-order valence-electron chi connectivity index (χ3n) is 4.21. The summed E-state index contributed by atoms with van der Waals surface area (Å²) in [5.41, 5.74) is 4.42. The van der Waals surface area contributed by atoms with Crippen LogP contribution >= 0.6 is 0 Å². The lowest BCUT2D eigenvalue weighted by Gasteiger charge is -2.06. The second-order valence-corrected chi connectivity index (χ2v) is 6.66. The average Bonchev–Trinajstić information content (AvgIpc) is 2.95. The molecule has 4 heteroatoms. The van der Waals surface area contributed by atoms with Crippen LogP contribution in [0.4, 0.5) is 0 Å². The quantitative estimate of drug-likeness (QED) is 0.671. The third-order valence-corrected chi connectivity index (χ3v) is 4.21. The van der Waals surface area contributed by atoms with E-state index >= 15 is 0 Å². The van der Waals surface area contributed by atoms with Crippen LogP contribution in [-0.2, 0) is 11.3 Å². The number of nitrogens with one attached hydrogen (secondary N) is 1. The fourth-order valence-electron chi connectivity index (χ4n) is 2.91. The van der Waals surface area contributed by atoms with Crippen molar-refractivity contribution in [3.63, 3.8) is 0 Å². The number of fused-ring (bicyclic) bond motifs is 1. The maximum Gasteiger partial charge on any atom is 0.340 e. The van der Waals surface area contributed by atoms with Gasteiger partial charge in [-0.1, -0.05) is 48.6 Å². The summed E-state index contributed by atoms with van der Waals surface area (Å²) in [7, 11) is 4.06. The number of ether oxygens (including phenoxy) is 1. The number of H-pyrrole nitrogens is 1. The smallest absolute Gasteiger partial charge is 0.340 e. The minimum atomic E-state index is -0.299. The van der Waals surface area contributed by atoms with Crippen LogP contribution in [0.25, 0.3) is 17.0 Å². The number of benzene rings is 2. The first kappa shape index (κ1) is 18.0. The zero-order valence-corrected chi connectivity index (χ0v) is 15.5. The number of aromatic nitrogens is 1. The normalized spacial score (nSPS) is 11.5. The molecule has 0 bridgehead atoms. The zero-order valence-electron chi connectivity index (χ0n) is 15.5. The number of carbonyl (C=O) groups is 1. The molecule has 1 aromatic heterocycles. The molecule has 4 nitrogen and oxygen atoms in total. The number of esters is 1. The van der Waals surface area contributed by atoms with E-state index in [0.29, 0.717) is 5.56 Å². The van der Waals surface area contributed by atoms with Gasteiger partial charge in [0.05, 0.1) is 5.56 Å². The number of rotatable bonds is 6. The van der Waals surface area contributed by atoms with Crippen LogP contribution in [0.1, 0.15) is 27.2 Å². The van der Waals surface area contributed by atoms with Gasteiger partial charge in [0.1, 0.15) is 6.61 Å². The fraction of sp³-hybridized carbons (Fsp3) is 0.227. The van der Waals surface area contributed by atoms with Gasteiger partial charge in [0.25, 0.3) is 0 Å². The topological polar surface area (TPSA) is 45.3 Å². The molecule has 3 rings (SSSR count). The van der Waals surface area contributed by atoms with E-state index in [4.69, 9.17) is 4.74 Å². The number of nitrogens with zero attached hydrogens (tertiary/aromatic N) is 1. The Hall–Kier alpha value is -2.85. The Morgan fingerprint density at radius 2 is 1.92 bits per heavy atom. The number of hydrogen-bond acceptors (Lipinski definition) is 3. The molecule has 0 radical (unpaired) electrons. The van der Waals surface area contributed by atoms with Crippen LogP contribution in [0.15, 0.2) is 54.6 Å². The Morgan fingerprint density at radius 3 is 2.65 bits per heavy atom. The van der Waals surface area contributed by atoms with Gasteiger partial charge in [-0.3, -0.25) is 0 Å². The summed E-state index contributed by atoms with van der Waals surface area (Å²) in [5, 5.41) is 0.896. The molecule has 0 amide bonds. The van der Waals surface area contributed by atoms with Gasteiger partial charge in [0.2, 0.25) is 0 Å². The van der Waals surface area contributed by atoms with Crippen molar-refractivity contribution < 1.29 is 9.53 Å². The van der Waals surface area contributed by atoms with Crippen molar-refractivity contribution >= 4 is 22.9 Å². The van der Waals surface area contributed by atoms with Gasteiger partial charge in [-0.15, -0.1) is 0 Å². The van der Waals surface area contributed by atoms with Gasteiger partial charge < -0.3 is 14.6 Å². The molecule has 2 aromatic carbocycles. The summed E-state index contributed by atoms with van der Waals surface area (Å²) in [4.78, 5) is 18.0. The summed E-state index contributed by atoms with van der Waals surface area (Å²) >= 11 is 0. The third kappa shape index (κ3) is 4.21. The van der Waals surface area contributed by atoms with Crippen molar-refractivity contribution in [3.8, 4) is 0 Å². The Labute approximate surface area is 154 Å². The highest BCUT2D eigenvalue weighted by molar-refractivity contribution is 6.06. The van der Waals surface area contributed by atoms with Crippen LogP contribution in [0.3, 0.4) is 0 Å². The van der Waals surface area contributed by atoms with E-state index in [2.05, 4.69) is 22.0 Å². The monoisotopic (exact) mass is 348 g/mol. The van der Waals surface area contributed by atoms with Crippen LogP contribution in [0.2, 0.25) is 0 Å². The highest BCUT2D eigenvalue weighted by Gasteiger charge is 2.17. The van der Waals surface area contributed by atoms with Crippen molar-refractivity contribution in [1.29, 1.82) is 0 Å². The molecule has 0 fully saturated rings. The van der Waals surface area contributed by atoms with Crippen molar-refractivity contribution in [2.24, 2.45) is 0 Å². The van der Waals surface area contributed by atoms with E-state index in [1.54, 1.807) is 0 Å². The lowest BCUT2D eigenvalue weighted by Crippen LogP contribution is -2.10. The van der Waals surface area contributed by atoms with Crippen LogP contribution in [0, 0.1) is 6.92 Å². The van der Waals surface area contributed by atoms with Crippen LogP contribution in [0.5, 0.6) is 0 Å². The second-order valence-electron chi connectivity index (χ2n) is 6.66. The van der Waals surface area contributed by atoms with Crippen molar-refractivity contribution in [1.82, 2.24) is 9.88 Å². The molecule has 134 valence electrons. The molecule has 0 atom stereocenters. The Balaban J connectivity index is 1.83. The molecule has 0 aliphatic heterocycles. The summed E-state index contributed by atoms with van der Waals surface area (Å²) in [5.74, 6) is -0.299. The van der Waals surface area contributed by atoms with Gasteiger partial charge in [0, 0.05) is 23.1 Å². The predicted molar refractivity (Wildman–Crippen MR) is 106 cm³/mol. The lowest BCUT2D eigenvalue weighted by molar-refractivity contribution is 0.0474. The van der Waals surface area contributed by atoms with E-state index in [9.17, 15) is 4.79 Å². The molecule has 0 aliphatic rings. The van der Waals surface area contributed by atoms with Gasteiger partial charge in [-0.05, 0) is 44.3 Å². The molecule has 26 heavy (non-hydrogen) atoms. The number of carbonyl (C=O) groups excluding carboxylic acids is 1. The molecule has 0 unspecified atom stereocenters. The Kier molecular flexibility index (Phi) is 5.54. The van der Waals surface area contributed by atoms with Gasteiger partial charge in [-0.2, -0.15) is 0 Å². The van der Waals surface area contributed by atoms with Gasteiger partial charge >= 0.3 is 5.97 Å². The van der Waals surface area contributed by atoms with E-state index in [1.807, 2.05) is 69.6 Å². The summed E-state index contributed by atoms with van der Waals surface area (Å²) in [6.45, 7) is 3.05. The van der Waals surface area contributed by atoms with Crippen molar-refractivity contribution in [2.75, 3.05) is 20.6 Å². The zero-order chi connectivity index (χ0) is 18.5. The molecule has 0 spiro atoms. The van der Waals surface area contributed by atoms with E-state index in [1.165, 1.54) is 0 Å². The minimum absolute atomic E-state index is 0.272. The Bertz CT molecular complexity index is 924. The molecular weight excluding hydrogens is 324 g/mol. The summed E-state index contributed by atoms with van der Waals surface area (Å²) < 4.78 is 5.53. The first-order chi connectivity index (χ1) is 12.5. The van der Waals surface area contributed by atoms with Crippen molar-refractivity contribution in [3.05, 3.63) is 77.0 Å². The predicted octanol–water partition coefficient (Wildman–Crippen LogP) is 4.41. The van der Waals surface area contributed by atoms with E-state index in [0.717, 1.165) is 34.3 Å². The van der Waals surface area contributed by atoms with Crippen molar-refractivity contribution in [2.45, 2.75) is 13.5 Å². The number of aromatic amines is 1. The SMILES string of the molecule is Cc1[nH]c2ccc(/C=C\CN(C)C)cc2c1C(=O)OCc1ccccc1. The summed E-state index contributed by atoms with van der Waals surface area (Å²) in [6.07, 6.45) is 4.18. The maximum absolute atomic E-state index is 12.7. The number of hydrogen-bond donors (Lipinski definition) is 1. The average molecular weight is 348 g/mol. The first-order valence-electron chi connectivity index (χ1n) is 8.69. The molecule has 1 N–H and O–H groups in total. The van der Waals surface area contributed by atoms with Gasteiger partial charge in [0.15, 0.2) is 0 Å². The molecular formula is C22H24N2O2. The summed E-state index contributed by atoms with van der Waals surface area (Å²) in [6, 6.07) is 15.8. The van der Waals surface area contributed by atoms with Gasteiger partial charge in [-0.25, -0.2) is 4.79 Å². The molecule has 0 saturated carbocycles. The fourth-order valence-corrected chi connectivity index (χ4v) is 2.91.